The molecule has 0 bridgehead atoms. The fraction of sp³-hybridized carbons (Fsp3) is 0.600. The predicted molar refractivity (Wildman–Crippen MR) is 89.6 cm³/mol. The van der Waals surface area contributed by atoms with Gasteiger partial charge in [0.05, 0.1) is 11.0 Å². The molecule has 1 N–H and O–H groups in total. The number of para-hydroxylation sites is 1. The summed E-state index contributed by atoms with van der Waals surface area (Å²) >= 11 is 1.87. The molecular weight excluding hydrogens is 288 g/mol. The second kappa shape index (κ2) is 8.77. The van der Waals surface area contributed by atoms with E-state index in [1.807, 2.05) is 32.5 Å². The van der Waals surface area contributed by atoms with E-state index >= 15 is 0 Å². The second-order valence-corrected chi connectivity index (χ2v) is 6.50. The lowest BCUT2D eigenvalue weighted by molar-refractivity contribution is -0.385. The van der Waals surface area contributed by atoms with E-state index in [9.17, 15) is 10.1 Å². The average molecular weight is 312 g/mol. The van der Waals surface area contributed by atoms with Gasteiger partial charge in [-0.25, -0.2) is 0 Å². The van der Waals surface area contributed by atoms with Crippen LogP contribution in [0.15, 0.2) is 18.2 Å². The lowest BCUT2D eigenvalue weighted by Gasteiger charge is -2.17. The summed E-state index contributed by atoms with van der Waals surface area (Å²) in [5.41, 5.74) is 0.536. The molecule has 118 valence electrons. The molecule has 0 radical (unpaired) electrons. The Morgan fingerprint density at radius 3 is 2.67 bits per heavy atom. The molecule has 0 aliphatic rings. The molecule has 0 aliphatic heterocycles. The Hall–Kier alpha value is -1.43. The highest BCUT2D eigenvalue weighted by atomic mass is 32.2. The highest BCUT2D eigenvalue weighted by Crippen LogP contribution is 2.35. The van der Waals surface area contributed by atoms with E-state index in [1.54, 1.807) is 18.2 Å². The smallest absolute Gasteiger partial charge is 0.333 e. The van der Waals surface area contributed by atoms with Crippen LogP contribution in [-0.2, 0) is 0 Å². The van der Waals surface area contributed by atoms with Crippen LogP contribution in [0.3, 0.4) is 0 Å². The van der Waals surface area contributed by atoms with Crippen molar-refractivity contribution < 1.29 is 9.66 Å². The fourth-order valence-electron chi connectivity index (χ4n) is 1.92. The van der Waals surface area contributed by atoms with Gasteiger partial charge >= 0.3 is 5.69 Å². The van der Waals surface area contributed by atoms with E-state index in [4.69, 9.17) is 4.74 Å². The molecule has 1 atom stereocenters. The number of nitrogens with one attached hydrogen (secondary N) is 1. The molecular formula is C15H24N2O3S. The van der Waals surface area contributed by atoms with Crippen LogP contribution in [0.1, 0.15) is 34.1 Å². The van der Waals surface area contributed by atoms with Crippen LogP contribution in [0.5, 0.6) is 5.75 Å². The number of benzene rings is 1. The van der Waals surface area contributed by atoms with Gasteiger partial charge in [0, 0.05) is 6.04 Å². The van der Waals surface area contributed by atoms with Crippen LogP contribution in [0.4, 0.5) is 11.4 Å². The third-order valence-corrected chi connectivity index (χ3v) is 3.78. The molecule has 0 saturated carbocycles. The van der Waals surface area contributed by atoms with Crippen molar-refractivity contribution in [2.75, 3.05) is 16.8 Å². The van der Waals surface area contributed by atoms with Gasteiger partial charge in [-0.3, -0.25) is 10.1 Å². The van der Waals surface area contributed by atoms with Crippen molar-refractivity contribution in [2.45, 2.75) is 46.3 Å². The van der Waals surface area contributed by atoms with Gasteiger partial charge in [-0.05, 0) is 50.8 Å². The van der Waals surface area contributed by atoms with Gasteiger partial charge in [-0.2, -0.15) is 11.8 Å². The minimum Gasteiger partial charge on any atom is -0.484 e. The third-order valence-electron chi connectivity index (χ3n) is 2.85. The van der Waals surface area contributed by atoms with Gasteiger partial charge in [0.2, 0.25) is 0 Å². The van der Waals surface area contributed by atoms with Gasteiger partial charge in [0.1, 0.15) is 5.69 Å². The minimum atomic E-state index is -0.381. The molecule has 0 spiro atoms. The Kier molecular flexibility index (Phi) is 7.36. The zero-order chi connectivity index (χ0) is 15.8. The maximum atomic E-state index is 11.3. The largest absolute Gasteiger partial charge is 0.484 e. The number of rotatable bonds is 9. The molecule has 0 heterocycles. The third kappa shape index (κ3) is 5.83. The zero-order valence-electron chi connectivity index (χ0n) is 13.1. The van der Waals surface area contributed by atoms with Crippen molar-refractivity contribution in [1.29, 1.82) is 0 Å². The van der Waals surface area contributed by atoms with Crippen molar-refractivity contribution in [3.8, 4) is 5.75 Å². The molecule has 1 aromatic carbocycles. The number of nitro benzene ring substituents is 1. The van der Waals surface area contributed by atoms with Gasteiger partial charge in [-0.1, -0.05) is 13.0 Å². The lowest BCUT2D eigenvalue weighted by Crippen LogP contribution is -2.17. The molecule has 0 saturated heterocycles. The van der Waals surface area contributed by atoms with Gasteiger partial charge in [-0.15, -0.1) is 0 Å². The molecule has 0 amide bonds. The van der Waals surface area contributed by atoms with Gasteiger partial charge in [0.15, 0.2) is 5.75 Å². The molecule has 0 aliphatic carbocycles. The summed E-state index contributed by atoms with van der Waals surface area (Å²) in [7, 11) is 0. The summed E-state index contributed by atoms with van der Waals surface area (Å²) in [6, 6.07) is 5.33. The first-order valence-electron chi connectivity index (χ1n) is 7.24. The number of ether oxygens (including phenoxy) is 1. The summed E-state index contributed by atoms with van der Waals surface area (Å²) < 4.78 is 5.54. The maximum Gasteiger partial charge on any atom is 0.333 e. The molecule has 21 heavy (non-hydrogen) atoms. The molecule has 1 rings (SSSR count). The van der Waals surface area contributed by atoms with E-state index in [1.165, 1.54) is 0 Å². The highest BCUT2D eigenvalue weighted by molar-refractivity contribution is 7.99. The van der Waals surface area contributed by atoms with Gasteiger partial charge < -0.3 is 10.1 Å². The van der Waals surface area contributed by atoms with E-state index in [-0.39, 0.29) is 22.8 Å². The molecule has 1 aromatic rings. The summed E-state index contributed by atoms with van der Waals surface area (Å²) in [6.07, 6.45) is 0.864. The van der Waals surface area contributed by atoms with E-state index in [2.05, 4.69) is 12.2 Å². The Bertz CT molecular complexity index is 466. The fourth-order valence-corrected chi connectivity index (χ4v) is 2.73. The van der Waals surface area contributed by atoms with Crippen molar-refractivity contribution in [3.63, 3.8) is 0 Å². The monoisotopic (exact) mass is 312 g/mol. The first-order valence-corrected chi connectivity index (χ1v) is 8.39. The molecule has 0 fully saturated rings. The second-order valence-electron chi connectivity index (χ2n) is 5.11. The minimum absolute atomic E-state index is 0.0150. The Labute approximate surface area is 130 Å². The summed E-state index contributed by atoms with van der Waals surface area (Å²) in [6.45, 7) is 7.87. The van der Waals surface area contributed by atoms with Crippen LogP contribution < -0.4 is 10.1 Å². The van der Waals surface area contributed by atoms with Crippen molar-refractivity contribution in [2.24, 2.45) is 0 Å². The van der Waals surface area contributed by atoms with E-state index < -0.39 is 0 Å². The van der Waals surface area contributed by atoms with Crippen LogP contribution >= 0.6 is 11.8 Å². The SMILES string of the molecule is CCSCCC(C)Nc1cccc(OC(C)C)c1[N+](=O)[O-]. The molecule has 5 nitrogen and oxygen atoms in total. The number of thioether (sulfide) groups is 1. The quantitative estimate of drug-likeness (QED) is 0.418. The topological polar surface area (TPSA) is 64.4 Å². The standard InChI is InChI=1S/C15H24N2O3S/c1-5-21-10-9-12(4)16-13-7-6-8-14(20-11(2)3)15(13)17(18)19/h6-8,11-12,16H,5,9-10H2,1-4H3. The number of anilines is 1. The van der Waals surface area contributed by atoms with Crippen molar-refractivity contribution in [3.05, 3.63) is 28.3 Å². The Morgan fingerprint density at radius 2 is 2.10 bits per heavy atom. The van der Waals surface area contributed by atoms with Crippen LogP contribution in [0.2, 0.25) is 0 Å². The van der Waals surface area contributed by atoms with E-state index in [0.717, 1.165) is 17.9 Å². The van der Waals surface area contributed by atoms with Crippen LogP contribution in [0, 0.1) is 10.1 Å². The highest BCUT2D eigenvalue weighted by Gasteiger charge is 2.22. The number of nitro groups is 1. The Balaban J connectivity index is 2.88. The number of hydrogen-bond donors (Lipinski definition) is 1. The van der Waals surface area contributed by atoms with Crippen molar-refractivity contribution in [1.82, 2.24) is 0 Å². The first-order chi connectivity index (χ1) is 9.95. The number of nitrogens with zero attached hydrogens (tertiary/aromatic N) is 1. The normalized spacial score (nSPS) is 12.2. The lowest BCUT2D eigenvalue weighted by atomic mass is 10.2. The first kappa shape index (κ1) is 17.6. The summed E-state index contributed by atoms with van der Waals surface area (Å²) in [4.78, 5) is 11.0. The molecule has 6 heteroatoms. The number of hydrogen-bond acceptors (Lipinski definition) is 5. The summed E-state index contributed by atoms with van der Waals surface area (Å²) in [5, 5.41) is 14.6. The average Bonchev–Trinajstić information content (AvgIpc) is 2.38. The zero-order valence-corrected chi connectivity index (χ0v) is 13.9. The van der Waals surface area contributed by atoms with Gasteiger partial charge in [0.25, 0.3) is 0 Å². The summed E-state index contributed by atoms with van der Waals surface area (Å²) in [5.74, 6) is 2.45. The molecule has 1 unspecified atom stereocenters. The van der Waals surface area contributed by atoms with Crippen LogP contribution in [-0.4, -0.2) is 28.6 Å². The van der Waals surface area contributed by atoms with Crippen molar-refractivity contribution >= 4 is 23.1 Å². The predicted octanol–water partition coefficient (Wildman–Crippen LogP) is 4.33. The maximum absolute atomic E-state index is 11.3. The Morgan fingerprint density at radius 1 is 1.38 bits per heavy atom. The van der Waals surface area contributed by atoms with Crippen LogP contribution in [0.25, 0.3) is 0 Å². The van der Waals surface area contributed by atoms with E-state index in [0.29, 0.717) is 11.4 Å². The molecule has 0 aromatic heterocycles.